The van der Waals surface area contributed by atoms with Crippen LogP contribution in [0.5, 0.6) is 11.5 Å². The topological polar surface area (TPSA) is 21.7 Å². The number of nitrogens with zero attached hydrogens (tertiary/aromatic N) is 1. The molecule has 6 rings (SSSR count). The fraction of sp³-hybridized carbons (Fsp3) is 0.667. The summed E-state index contributed by atoms with van der Waals surface area (Å²) in [7, 11) is 2.27. The van der Waals surface area contributed by atoms with Crippen molar-refractivity contribution in [2.45, 2.75) is 38.1 Å². The molecule has 4 aliphatic carbocycles. The van der Waals surface area contributed by atoms with Crippen molar-refractivity contribution in [2.24, 2.45) is 23.7 Å². The van der Waals surface area contributed by atoms with Gasteiger partial charge in [0.2, 0.25) is 6.79 Å². The van der Waals surface area contributed by atoms with Crippen molar-refractivity contribution in [1.29, 1.82) is 0 Å². The molecule has 0 N–H and O–H groups in total. The van der Waals surface area contributed by atoms with Gasteiger partial charge in [-0.05, 0) is 67.9 Å². The molecule has 1 heterocycles. The first kappa shape index (κ1) is 12.2. The van der Waals surface area contributed by atoms with Crippen LogP contribution >= 0.6 is 0 Å². The summed E-state index contributed by atoms with van der Waals surface area (Å²) >= 11 is 0. The number of para-hydroxylation sites is 1. The largest absolute Gasteiger partial charge is 0.454 e. The highest BCUT2D eigenvalue weighted by Gasteiger charge is 2.49. The van der Waals surface area contributed by atoms with E-state index in [1.54, 1.807) is 0 Å². The lowest BCUT2D eigenvalue weighted by Crippen LogP contribution is -2.55. The van der Waals surface area contributed by atoms with Crippen LogP contribution in [0, 0.1) is 23.7 Å². The van der Waals surface area contributed by atoms with Gasteiger partial charge in [0.25, 0.3) is 0 Å². The van der Waals surface area contributed by atoms with E-state index in [-0.39, 0.29) is 0 Å². The Morgan fingerprint density at radius 1 is 0.952 bits per heavy atom. The molecule has 3 heteroatoms. The van der Waals surface area contributed by atoms with Crippen molar-refractivity contribution < 1.29 is 9.47 Å². The van der Waals surface area contributed by atoms with Gasteiger partial charge in [-0.2, -0.15) is 0 Å². The fourth-order valence-electron chi connectivity index (χ4n) is 5.88. The van der Waals surface area contributed by atoms with Crippen LogP contribution in [0.3, 0.4) is 0 Å². The molecular weight excluding hydrogens is 262 g/mol. The summed E-state index contributed by atoms with van der Waals surface area (Å²) in [5.41, 5.74) is 1.22. The highest BCUT2D eigenvalue weighted by Crippen LogP contribution is 2.56. The number of hydrogen-bond acceptors (Lipinski definition) is 3. The van der Waals surface area contributed by atoms with E-state index < -0.39 is 0 Å². The molecule has 4 fully saturated rings. The molecule has 0 amide bonds. The first-order valence-corrected chi connectivity index (χ1v) is 8.41. The van der Waals surface area contributed by atoms with Crippen LogP contribution < -0.4 is 14.4 Å². The van der Waals surface area contributed by atoms with Gasteiger partial charge in [0, 0.05) is 13.1 Å². The van der Waals surface area contributed by atoms with Crippen molar-refractivity contribution in [3.05, 3.63) is 18.2 Å². The molecule has 0 unspecified atom stereocenters. The molecule has 1 aromatic rings. The zero-order chi connectivity index (χ0) is 14.0. The van der Waals surface area contributed by atoms with Crippen LogP contribution in [0.15, 0.2) is 18.2 Å². The zero-order valence-electron chi connectivity index (χ0n) is 12.6. The number of hydrogen-bond donors (Lipinski definition) is 0. The van der Waals surface area contributed by atoms with E-state index in [1.807, 2.05) is 6.07 Å². The zero-order valence-corrected chi connectivity index (χ0v) is 12.6. The Hall–Kier alpha value is -1.38. The Bertz CT molecular complexity index is 542. The molecule has 5 aliphatic rings. The maximum absolute atomic E-state index is 5.73. The Kier molecular flexibility index (Phi) is 2.50. The Balaban J connectivity index is 1.49. The average Bonchev–Trinajstić information content (AvgIpc) is 2.94. The third-order valence-electron chi connectivity index (χ3n) is 6.38. The highest BCUT2D eigenvalue weighted by molar-refractivity contribution is 5.66. The van der Waals surface area contributed by atoms with Crippen LogP contribution in [0.4, 0.5) is 5.69 Å². The van der Waals surface area contributed by atoms with E-state index in [9.17, 15) is 0 Å². The lowest BCUT2D eigenvalue weighted by atomic mass is 9.54. The number of anilines is 1. The van der Waals surface area contributed by atoms with Crippen molar-refractivity contribution >= 4 is 5.69 Å². The third kappa shape index (κ3) is 1.72. The maximum Gasteiger partial charge on any atom is 0.231 e. The van der Waals surface area contributed by atoms with Crippen molar-refractivity contribution in [3.8, 4) is 11.5 Å². The Morgan fingerprint density at radius 2 is 1.67 bits per heavy atom. The van der Waals surface area contributed by atoms with Crippen molar-refractivity contribution in [3.63, 3.8) is 0 Å². The Labute approximate surface area is 126 Å². The number of rotatable bonds is 2. The molecule has 0 aromatic heterocycles. The maximum atomic E-state index is 5.73. The quantitative estimate of drug-likeness (QED) is 0.827. The molecular formula is C18H23NO2. The summed E-state index contributed by atoms with van der Waals surface area (Å²) in [5, 5.41) is 0. The van der Waals surface area contributed by atoms with Crippen LogP contribution in [0.2, 0.25) is 0 Å². The molecule has 1 aliphatic heterocycles. The SMILES string of the molecule is CN(c1cccc2c1OCO2)C1C2CC3CC(C2)CC1C3. The minimum atomic E-state index is 0.363. The molecule has 0 atom stereocenters. The van der Waals surface area contributed by atoms with E-state index in [0.717, 1.165) is 35.2 Å². The second-order valence-electron chi connectivity index (χ2n) is 7.54. The van der Waals surface area contributed by atoms with Gasteiger partial charge in [-0.15, -0.1) is 0 Å². The minimum Gasteiger partial charge on any atom is -0.454 e. The Morgan fingerprint density at radius 3 is 2.38 bits per heavy atom. The van der Waals surface area contributed by atoms with Crippen LogP contribution in [-0.2, 0) is 0 Å². The number of benzene rings is 1. The lowest BCUT2D eigenvalue weighted by Gasteiger charge is -2.57. The molecule has 4 saturated carbocycles. The fourth-order valence-corrected chi connectivity index (χ4v) is 5.88. The molecule has 0 spiro atoms. The first-order valence-electron chi connectivity index (χ1n) is 8.41. The van der Waals surface area contributed by atoms with E-state index >= 15 is 0 Å². The molecule has 112 valence electrons. The third-order valence-corrected chi connectivity index (χ3v) is 6.38. The number of fused-ring (bicyclic) bond motifs is 1. The summed E-state index contributed by atoms with van der Waals surface area (Å²) < 4.78 is 11.3. The summed E-state index contributed by atoms with van der Waals surface area (Å²) in [6.07, 6.45) is 7.33. The monoisotopic (exact) mass is 285 g/mol. The van der Waals surface area contributed by atoms with Crippen molar-refractivity contribution in [1.82, 2.24) is 0 Å². The molecule has 0 radical (unpaired) electrons. The standard InChI is InChI=1S/C18H23NO2/c1-19(15-3-2-4-16-18(15)21-10-20-16)17-13-6-11-5-12(8-13)9-14(17)7-11/h2-4,11-14,17H,5-10H2,1H3. The minimum absolute atomic E-state index is 0.363. The predicted octanol–water partition coefficient (Wildman–Crippen LogP) is 3.68. The van der Waals surface area contributed by atoms with Crippen LogP contribution in [0.25, 0.3) is 0 Å². The van der Waals surface area contributed by atoms with Crippen molar-refractivity contribution in [2.75, 3.05) is 18.7 Å². The molecule has 0 saturated heterocycles. The van der Waals surface area contributed by atoms with E-state index in [4.69, 9.17) is 9.47 Å². The molecule has 4 bridgehead atoms. The van der Waals surface area contributed by atoms with Gasteiger partial charge in [-0.3, -0.25) is 0 Å². The normalized spacial score (nSPS) is 38.8. The van der Waals surface area contributed by atoms with E-state index in [2.05, 4.69) is 24.1 Å². The van der Waals surface area contributed by atoms with Gasteiger partial charge in [0.05, 0.1) is 5.69 Å². The average molecular weight is 285 g/mol. The molecule has 21 heavy (non-hydrogen) atoms. The second kappa shape index (κ2) is 4.31. The smallest absolute Gasteiger partial charge is 0.231 e. The summed E-state index contributed by atoms with van der Waals surface area (Å²) in [4.78, 5) is 2.51. The van der Waals surface area contributed by atoms with Gasteiger partial charge in [0.15, 0.2) is 11.5 Å². The number of ether oxygens (including phenoxy) is 2. The summed E-state index contributed by atoms with van der Waals surface area (Å²) in [5.74, 6) is 5.70. The summed E-state index contributed by atoms with van der Waals surface area (Å²) in [6, 6.07) is 7.00. The highest BCUT2D eigenvalue weighted by atomic mass is 16.7. The van der Waals surface area contributed by atoms with Crippen LogP contribution in [-0.4, -0.2) is 19.9 Å². The van der Waals surface area contributed by atoms with Gasteiger partial charge >= 0.3 is 0 Å². The molecule has 3 nitrogen and oxygen atoms in total. The second-order valence-corrected chi connectivity index (χ2v) is 7.54. The van der Waals surface area contributed by atoms with Gasteiger partial charge in [-0.25, -0.2) is 0 Å². The predicted molar refractivity (Wildman–Crippen MR) is 81.8 cm³/mol. The van der Waals surface area contributed by atoms with E-state index in [0.29, 0.717) is 12.8 Å². The van der Waals surface area contributed by atoms with Crippen LogP contribution in [0.1, 0.15) is 32.1 Å². The molecule has 1 aromatic carbocycles. The van der Waals surface area contributed by atoms with E-state index in [1.165, 1.54) is 37.8 Å². The van der Waals surface area contributed by atoms with Gasteiger partial charge < -0.3 is 14.4 Å². The first-order chi connectivity index (χ1) is 10.3. The van der Waals surface area contributed by atoms with Gasteiger partial charge in [-0.1, -0.05) is 6.07 Å². The summed E-state index contributed by atoms with van der Waals surface area (Å²) in [6.45, 7) is 0.363. The van der Waals surface area contributed by atoms with Gasteiger partial charge in [0.1, 0.15) is 0 Å². The lowest BCUT2D eigenvalue weighted by molar-refractivity contribution is -0.00133.